The summed E-state index contributed by atoms with van der Waals surface area (Å²) in [7, 11) is 0. The van der Waals surface area contributed by atoms with Crippen molar-refractivity contribution in [2.24, 2.45) is 0 Å². The minimum absolute atomic E-state index is 0.340. The van der Waals surface area contributed by atoms with Crippen molar-refractivity contribution >= 4 is 55.7 Å². The van der Waals surface area contributed by atoms with Gasteiger partial charge >= 0.3 is 202 Å². The van der Waals surface area contributed by atoms with Crippen LogP contribution in [0.4, 0.5) is 0 Å². The normalized spacial score (nSPS) is 12.1. The first-order chi connectivity index (χ1) is 23.2. The van der Waals surface area contributed by atoms with E-state index in [0.29, 0.717) is 14.5 Å². The van der Waals surface area contributed by atoms with Crippen LogP contribution in [0.15, 0.2) is 45.2 Å². The zero-order valence-electron chi connectivity index (χ0n) is 30.1. The van der Waals surface area contributed by atoms with Crippen LogP contribution in [0.3, 0.4) is 0 Å². The molecule has 5 aromatic rings. The van der Waals surface area contributed by atoms with Gasteiger partial charge in [-0.05, 0) is 0 Å². The number of hydrogen-bond acceptors (Lipinski definition) is 2. The first-order valence-corrected chi connectivity index (χ1v) is 21.8. The molecule has 2 nitrogen and oxygen atoms in total. The fourth-order valence-corrected chi connectivity index (χ4v) is 9.92. The number of benzene rings is 2. The van der Waals surface area contributed by atoms with Crippen LogP contribution in [-0.2, 0) is 12.8 Å². The van der Waals surface area contributed by atoms with Gasteiger partial charge in [-0.2, -0.15) is 0 Å². The van der Waals surface area contributed by atoms with E-state index in [2.05, 4.69) is 50.2 Å². The zero-order valence-corrected chi connectivity index (χ0v) is 31.8. The van der Waals surface area contributed by atoms with Crippen LogP contribution in [-0.4, -0.2) is 14.5 Å². The number of fused-ring (bicyclic) bond motifs is 5. The molecule has 2 aromatic carbocycles. The van der Waals surface area contributed by atoms with Crippen LogP contribution < -0.4 is 0 Å². The Balaban J connectivity index is 1.03. The van der Waals surface area contributed by atoms with Gasteiger partial charge in [0.15, 0.2) is 0 Å². The van der Waals surface area contributed by atoms with Gasteiger partial charge in [0, 0.05) is 0 Å². The summed E-state index contributed by atoms with van der Waals surface area (Å²) in [6, 6.07) is 14.0. The molecule has 0 aliphatic rings. The van der Waals surface area contributed by atoms with Crippen LogP contribution in [0, 0.1) is 0 Å². The van der Waals surface area contributed by atoms with Gasteiger partial charge in [-0.25, -0.2) is 0 Å². The second kappa shape index (κ2) is 20.5. The Kier molecular flexibility index (Phi) is 15.9. The van der Waals surface area contributed by atoms with E-state index in [1.165, 1.54) is 184 Å². The molecule has 0 atom stereocenters. The molecule has 5 rings (SSSR count). The number of aryl methyl sites for hydroxylation is 2. The van der Waals surface area contributed by atoms with E-state index in [0.717, 1.165) is 35.5 Å². The van der Waals surface area contributed by atoms with Gasteiger partial charge in [0.05, 0.1) is 0 Å². The molecule has 3 heteroatoms. The zero-order chi connectivity index (χ0) is 32.5. The summed E-state index contributed by atoms with van der Waals surface area (Å²) in [5.41, 5.74) is 2.10. The summed E-state index contributed by atoms with van der Waals surface area (Å²) in [4.78, 5) is 0. The van der Waals surface area contributed by atoms with Gasteiger partial charge in [0.2, 0.25) is 0 Å². The molecule has 0 fully saturated rings. The molecule has 0 aliphatic carbocycles. The van der Waals surface area contributed by atoms with Crippen LogP contribution in [0.25, 0.3) is 41.2 Å². The van der Waals surface area contributed by atoms with Crippen molar-refractivity contribution in [3.63, 3.8) is 0 Å². The third kappa shape index (κ3) is 11.6. The second-order valence-corrected chi connectivity index (χ2v) is 16.9. The molecule has 47 heavy (non-hydrogen) atoms. The quantitative estimate of drug-likeness (QED) is 0.0423. The van der Waals surface area contributed by atoms with Crippen molar-refractivity contribution in [3.8, 4) is 0 Å². The third-order valence-electron chi connectivity index (χ3n) is 10.4. The molecule has 0 unspecified atom stereocenters. The van der Waals surface area contributed by atoms with E-state index in [1.54, 1.807) is 0 Å². The second-order valence-electron chi connectivity index (χ2n) is 14.6. The van der Waals surface area contributed by atoms with E-state index in [4.69, 9.17) is 8.83 Å². The van der Waals surface area contributed by atoms with Crippen molar-refractivity contribution in [1.29, 1.82) is 0 Å². The summed E-state index contributed by atoms with van der Waals surface area (Å²) >= 11 is 0.340. The van der Waals surface area contributed by atoms with Gasteiger partial charge in [-0.15, -0.1) is 0 Å². The maximum atomic E-state index is 6.39. The van der Waals surface area contributed by atoms with E-state index >= 15 is 0 Å². The van der Waals surface area contributed by atoms with Gasteiger partial charge in [-0.1, -0.05) is 90.9 Å². The number of hydrogen-bond donors (Lipinski definition) is 0. The Morgan fingerprint density at radius 1 is 0.383 bits per heavy atom. The number of unbranched alkanes of at least 4 members (excludes halogenated alkanes) is 22. The molecule has 0 saturated heterocycles. The van der Waals surface area contributed by atoms with Crippen molar-refractivity contribution in [3.05, 3.63) is 47.9 Å². The minimum atomic E-state index is 0.340. The summed E-state index contributed by atoms with van der Waals surface area (Å²) in [5.74, 6) is 2.32. The van der Waals surface area contributed by atoms with Crippen LogP contribution in [0.1, 0.15) is 179 Å². The Morgan fingerprint density at radius 3 is 1.04 bits per heavy atom. The summed E-state index contributed by atoms with van der Waals surface area (Å²) in [5, 5.41) is 5.28. The Bertz CT molecular complexity index is 1470. The predicted molar refractivity (Wildman–Crippen MR) is 208 cm³/mol. The first kappa shape index (κ1) is 36.3. The molecule has 258 valence electrons. The molecule has 0 bridgehead atoms. The summed E-state index contributed by atoms with van der Waals surface area (Å²) in [6.07, 6.45) is 35.5. The topological polar surface area (TPSA) is 26.3 Å². The van der Waals surface area contributed by atoms with Gasteiger partial charge in [-0.3, -0.25) is 0 Å². The van der Waals surface area contributed by atoms with E-state index < -0.39 is 0 Å². The maximum absolute atomic E-state index is 6.39. The number of furan rings is 2. The molecular weight excluding hydrogens is 639 g/mol. The van der Waals surface area contributed by atoms with E-state index in [-0.39, 0.29) is 0 Å². The molecular formula is C44H64O2Se. The van der Waals surface area contributed by atoms with Crippen LogP contribution in [0.2, 0.25) is 0 Å². The van der Waals surface area contributed by atoms with Crippen molar-refractivity contribution < 1.29 is 8.83 Å². The first-order valence-electron chi connectivity index (χ1n) is 20.1. The Morgan fingerprint density at radius 2 is 0.702 bits per heavy atom. The van der Waals surface area contributed by atoms with Crippen LogP contribution >= 0.6 is 0 Å². The van der Waals surface area contributed by atoms with Gasteiger partial charge in [0.1, 0.15) is 0 Å². The van der Waals surface area contributed by atoms with E-state index in [9.17, 15) is 0 Å². The Hall–Kier alpha value is -1.96. The molecule has 0 radical (unpaired) electrons. The molecule has 3 aromatic heterocycles. The van der Waals surface area contributed by atoms with Crippen LogP contribution in [0.5, 0.6) is 0 Å². The van der Waals surface area contributed by atoms with Gasteiger partial charge in [0.25, 0.3) is 0 Å². The Labute approximate surface area is 292 Å². The monoisotopic (exact) mass is 704 g/mol. The van der Waals surface area contributed by atoms with Gasteiger partial charge < -0.3 is 0 Å². The van der Waals surface area contributed by atoms with E-state index in [1.807, 2.05) is 0 Å². The molecule has 0 N–H and O–H groups in total. The fraction of sp³-hybridized carbons (Fsp3) is 0.636. The molecule has 0 spiro atoms. The van der Waals surface area contributed by atoms with Crippen molar-refractivity contribution in [1.82, 2.24) is 0 Å². The molecule has 0 saturated carbocycles. The summed E-state index contributed by atoms with van der Waals surface area (Å²) in [6.45, 7) is 4.59. The predicted octanol–water partition coefficient (Wildman–Crippen LogP) is 15.0. The fourth-order valence-electron chi connectivity index (χ4n) is 7.48. The number of rotatable bonds is 26. The van der Waals surface area contributed by atoms with Crippen molar-refractivity contribution in [2.75, 3.05) is 0 Å². The average molecular weight is 704 g/mol. The summed E-state index contributed by atoms with van der Waals surface area (Å²) < 4.78 is 15.8. The molecule has 3 heterocycles. The third-order valence-corrected chi connectivity index (χ3v) is 12.7. The molecule has 0 amide bonds. The average Bonchev–Trinajstić information content (AvgIpc) is 3.77. The van der Waals surface area contributed by atoms with Crippen molar-refractivity contribution in [2.45, 2.75) is 181 Å². The molecule has 0 aliphatic heterocycles. The SMILES string of the molecule is CCCCCCCCCCCCCCc1cc2cc3[se]c4cc5cc(CCCCCCCCCCCCCC)oc5cc4c3cc2o1. The standard InChI is InChI=1S/C44H64O2Se/c1-3-5-7-9-11-13-15-17-19-21-23-25-27-37-29-35-31-43-39(33-41(35)45-37)40-34-42-36(32-44(40)47-43)30-38(46-42)28-26-24-22-20-18-16-14-12-10-8-6-4-2/h29-34H,3-28H2,1-2H3.